The van der Waals surface area contributed by atoms with E-state index in [4.69, 9.17) is 0 Å². The molecule has 0 bridgehead atoms. The fourth-order valence-electron chi connectivity index (χ4n) is 4.47. The zero-order chi connectivity index (χ0) is 15.3. The monoisotopic (exact) mass is 310 g/mol. The molecule has 1 saturated heterocycles. The molecule has 1 spiro atoms. The molecule has 2 aliphatic carbocycles. The summed E-state index contributed by atoms with van der Waals surface area (Å²) in [4.78, 5) is 27.0. The highest BCUT2D eigenvalue weighted by atomic mass is 32.1. The fraction of sp³-hybridized carbons (Fsp3) is 0.875. The predicted octanol–water partition coefficient (Wildman–Crippen LogP) is 2.83. The number of imide groups is 1. The van der Waals surface area contributed by atoms with Gasteiger partial charge in [0.2, 0.25) is 0 Å². The van der Waals surface area contributed by atoms with Gasteiger partial charge in [-0.05, 0) is 48.7 Å². The average molecular weight is 310 g/mol. The van der Waals surface area contributed by atoms with Gasteiger partial charge in [0.05, 0.1) is 0 Å². The Bertz CT molecular complexity index is 446. The number of carbonyl (C=O) groups excluding carboxylic acids is 2. The highest BCUT2D eigenvalue weighted by Crippen LogP contribution is 2.46. The first-order valence-electron chi connectivity index (χ1n) is 8.20. The summed E-state index contributed by atoms with van der Waals surface area (Å²) in [5.74, 6) is 1.20. The van der Waals surface area contributed by atoms with Crippen molar-refractivity contribution in [2.75, 3.05) is 12.3 Å². The molecule has 3 fully saturated rings. The number of urea groups is 1. The molecule has 118 valence electrons. The van der Waals surface area contributed by atoms with Crippen LogP contribution in [0.3, 0.4) is 0 Å². The van der Waals surface area contributed by atoms with E-state index in [1.54, 1.807) is 0 Å². The van der Waals surface area contributed by atoms with Gasteiger partial charge in [0, 0.05) is 6.54 Å². The number of nitrogens with zero attached hydrogens (tertiary/aromatic N) is 1. The maximum Gasteiger partial charge on any atom is 0.325 e. The van der Waals surface area contributed by atoms with Crippen LogP contribution in [-0.4, -0.2) is 34.7 Å². The summed E-state index contributed by atoms with van der Waals surface area (Å²) in [6.07, 6.45) is 6.51. The van der Waals surface area contributed by atoms with Gasteiger partial charge in [0.15, 0.2) is 0 Å². The van der Waals surface area contributed by atoms with Crippen molar-refractivity contribution in [1.82, 2.24) is 10.2 Å². The molecule has 3 amide bonds. The van der Waals surface area contributed by atoms with Gasteiger partial charge >= 0.3 is 6.03 Å². The van der Waals surface area contributed by atoms with Crippen LogP contribution in [0.2, 0.25) is 0 Å². The smallest absolute Gasteiger partial charge is 0.323 e. The summed E-state index contributed by atoms with van der Waals surface area (Å²) in [5.41, 5.74) is -0.598. The molecule has 2 atom stereocenters. The first kappa shape index (κ1) is 15.2. The topological polar surface area (TPSA) is 49.4 Å². The Balaban J connectivity index is 1.84. The van der Waals surface area contributed by atoms with Crippen LogP contribution < -0.4 is 5.32 Å². The first-order valence-corrected chi connectivity index (χ1v) is 8.83. The van der Waals surface area contributed by atoms with E-state index >= 15 is 0 Å². The molecule has 21 heavy (non-hydrogen) atoms. The summed E-state index contributed by atoms with van der Waals surface area (Å²) in [5, 5.41) is 3.08. The van der Waals surface area contributed by atoms with Crippen LogP contribution in [-0.2, 0) is 4.79 Å². The molecule has 0 radical (unpaired) electrons. The number of hydrogen-bond donors (Lipinski definition) is 2. The number of rotatable bonds is 3. The van der Waals surface area contributed by atoms with Crippen LogP contribution >= 0.6 is 12.6 Å². The number of nitrogens with one attached hydrogen (secondary N) is 1. The summed E-state index contributed by atoms with van der Waals surface area (Å²) in [6, 6.07) is -0.186. The van der Waals surface area contributed by atoms with Crippen LogP contribution in [0, 0.1) is 17.3 Å². The van der Waals surface area contributed by atoms with E-state index in [-0.39, 0.29) is 29.2 Å². The molecule has 2 unspecified atom stereocenters. The molecule has 1 heterocycles. The summed E-state index contributed by atoms with van der Waals surface area (Å²) in [6.45, 7) is 4.76. The van der Waals surface area contributed by atoms with E-state index < -0.39 is 5.54 Å². The third-order valence-electron chi connectivity index (χ3n) is 6.23. The Labute approximate surface area is 132 Å². The lowest BCUT2D eigenvalue weighted by molar-refractivity contribution is -0.138. The highest BCUT2D eigenvalue weighted by Gasteiger charge is 2.59. The van der Waals surface area contributed by atoms with E-state index in [1.165, 1.54) is 11.3 Å². The molecule has 4 nitrogen and oxygen atoms in total. The number of carbonyl (C=O) groups is 2. The quantitative estimate of drug-likeness (QED) is 0.622. The highest BCUT2D eigenvalue weighted by molar-refractivity contribution is 7.80. The van der Waals surface area contributed by atoms with Crippen LogP contribution in [0.25, 0.3) is 0 Å². The number of amides is 3. The standard InChI is InChI=1S/C16H26N2O2S/c1-11-5-3-6-12(2)16(11)13(19)18(14(20)17-16)9-15(10-21)7-4-8-15/h11-12,21H,3-10H2,1-2H3,(H,17,20). The molecule has 0 aromatic carbocycles. The van der Waals surface area contributed by atoms with Crippen LogP contribution in [0.15, 0.2) is 0 Å². The van der Waals surface area contributed by atoms with Crippen molar-refractivity contribution in [2.45, 2.75) is 57.9 Å². The van der Waals surface area contributed by atoms with Crippen molar-refractivity contribution in [3.05, 3.63) is 0 Å². The minimum Gasteiger partial charge on any atom is -0.323 e. The maximum atomic E-state index is 13.1. The average Bonchev–Trinajstić information content (AvgIpc) is 2.65. The molecule has 2 saturated carbocycles. The van der Waals surface area contributed by atoms with Gasteiger partial charge in [-0.1, -0.05) is 26.7 Å². The Morgan fingerprint density at radius 2 is 1.81 bits per heavy atom. The van der Waals surface area contributed by atoms with Crippen molar-refractivity contribution in [3.8, 4) is 0 Å². The van der Waals surface area contributed by atoms with Gasteiger partial charge in [-0.3, -0.25) is 9.69 Å². The first-order chi connectivity index (χ1) is 9.95. The zero-order valence-corrected chi connectivity index (χ0v) is 13.9. The van der Waals surface area contributed by atoms with E-state index in [2.05, 4.69) is 31.8 Å². The normalized spacial score (nSPS) is 38.5. The molecule has 1 N–H and O–H groups in total. The summed E-state index contributed by atoms with van der Waals surface area (Å²) in [7, 11) is 0. The van der Waals surface area contributed by atoms with Gasteiger partial charge < -0.3 is 5.32 Å². The van der Waals surface area contributed by atoms with E-state index in [1.807, 2.05) is 0 Å². The van der Waals surface area contributed by atoms with Crippen LogP contribution in [0.1, 0.15) is 52.4 Å². The summed E-state index contributed by atoms with van der Waals surface area (Å²) < 4.78 is 0. The Kier molecular flexibility index (Phi) is 3.75. The molecule has 0 aromatic heterocycles. The SMILES string of the molecule is CC1CCCC(C)C12NC(=O)N(CC1(CS)CCC1)C2=O. The van der Waals surface area contributed by atoms with E-state index in [9.17, 15) is 9.59 Å². The Morgan fingerprint density at radius 1 is 1.19 bits per heavy atom. The second-order valence-corrected chi connectivity index (χ2v) is 7.75. The van der Waals surface area contributed by atoms with Gasteiger partial charge in [-0.25, -0.2) is 4.79 Å². The van der Waals surface area contributed by atoms with E-state index in [0.29, 0.717) is 6.54 Å². The minimum atomic E-state index is -0.656. The number of hydrogen-bond acceptors (Lipinski definition) is 3. The predicted molar refractivity (Wildman–Crippen MR) is 85.3 cm³/mol. The second kappa shape index (κ2) is 5.18. The van der Waals surface area contributed by atoms with Crippen molar-refractivity contribution >= 4 is 24.6 Å². The molecular formula is C16H26N2O2S. The van der Waals surface area contributed by atoms with Gasteiger partial charge in [0.25, 0.3) is 5.91 Å². The zero-order valence-electron chi connectivity index (χ0n) is 13.0. The lowest BCUT2D eigenvalue weighted by Gasteiger charge is -2.44. The van der Waals surface area contributed by atoms with Gasteiger partial charge in [-0.2, -0.15) is 12.6 Å². The Morgan fingerprint density at radius 3 is 2.29 bits per heavy atom. The second-order valence-electron chi connectivity index (χ2n) is 7.44. The maximum absolute atomic E-state index is 13.1. The van der Waals surface area contributed by atoms with Crippen molar-refractivity contribution in [3.63, 3.8) is 0 Å². The van der Waals surface area contributed by atoms with Crippen LogP contribution in [0.5, 0.6) is 0 Å². The molecular weight excluding hydrogens is 284 g/mol. The van der Waals surface area contributed by atoms with Crippen molar-refractivity contribution in [2.24, 2.45) is 17.3 Å². The molecule has 0 aromatic rings. The van der Waals surface area contributed by atoms with Gasteiger partial charge in [0.1, 0.15) is 5.54 Å². The third-order valence-corrected chi connectivity index (χ3v) is 6.90. The lowest BCUT2D eigenvalue weighted by Crippen LogP contribution is -2.59. The van der Waals surface area contributed by atoms with E-state index in [0.717, 1.165) is 37.9 Å². The lowest BCUT2D eigenvalue weighted by atomic mass is 9.66. The van der Waals surface area contributed by atoms with Gasteiger partial charge in [-0.15, -0.1) is 0 Å². The van der Waals surface area contributed by atoms with Crippen molar-refractivity contribution < 1.29 is 9.59 Å². The molecule has 1 aliphatic heterocycles. The third kappa shape index (κ3) is 2.11. The van der Waals surface area contributed by atoms with Crippen molar-refractivity contribution in [1.29, 1.82) is 0 Å². The number of thiol groups is 1. The molecule has 5 heteroatoms. The molecule has 3 rings (SSSR count). The minimum absolute atomic E-state index is 0.0141. The molecule has 3 aliphatic rings. The Hall–Kier alpha value is -0.710. The largest absolute Gasteiger partial charge is 0.325 e. The van der Waals surface area contributed by atoms with Crippen LogP contribution in [0.4, 0.5) is 4.79 Å². The summed E-state index contributed by atoms with van der Waals surface area (Å²) >= 11 is 4.45. The fourth-order valence-corrected chi connectivity index (χ4v) is 4.89.